The maximum absolute atomic E-state index is 10.8. The van der Waals surface area contributed by atoms with E-state index in [2.05, 4.69) is 0 Å². The van der Waals surface area contributed by atoms with Crippen LogP contribution in [0.15, 0.2) is 24.3 Å². The molecule has 1 rings (SSSR count). The highest BCUT2D eigenvalue weighted by molar-refractivity contribution is 6.34. The van der Waals surface area contributed by atoms with E-state index < -0.39 is 0 Å². The third-order valence-electron chi connectivity index (χ3n) is 1.33. The van der Waals surface area contributed by atoms with Crippen LogP contribution in [0.5, 0.6) is 0 Å². The third kappa shape index (κ3) is 1.64. The van der Waals surface area contributed by atoms with E-state index in [1.165, 1.54) is 0 Å². The number of benzene rings is 1. The van der Waals surface area contributed by atoms with Crippen molar-refractivity contribution in [1.29, 1.82) is 5.41 Å². The second-order valence-corrected chi connectivity index (χ2v) is 2.13. The summed E-state index contributed by atoms with van der Waals surface area (Å²) in [5.74, 6) is -0.301. The van der Waals surface area contributed by atoms with Gasteiger partial charge in [0.25, 0.3) is 0 Å². The van der Waals surface area contributed by atoms with E-state index >= 15 is 0 Å². The summed E-state index contributed by atoms with van der Waals surface area (Å²) >= 11 is 0. The van der Waals surface area contributed by atoms with Crippen LogP contribution in [0.1, 0.15) is 10.4 Å². The summed E-state index contributed by atoms with van der Waals surface area (Å²) in [6.45, 7) is 0. The van der Waals surface area contributed by atoms with Gasteiger partial charge in [0, 0.05) is 11.3 Å². The highest BCUT2D eigenvalue weighted by atomic mass is 16.1. The molecule has 0 saturated carbocycles. The fourth-order valence-electron chi connectivity index (χ4n) is 0.731. The second-order valence-electron chi connectivity index (χ2n) is 2.13. The van der Waals surface area contributed by atoms with Crippen molar-refractivity contribution in [3.63, 3.8) is 0 Å². The van der Waals surface area contributed by atoms with E-state index in [9.17, 15) is 4.79 Å². The Bertz CT molecular complexity index is 277. The van der Waals surface area contributed by atoms with Crippen LogP contribution in [0.25, 0.3) is 0 Å². The summed E-state index contributed by atoms with van der Waals surface area (Å²) in [7, 11) is 0. The molecule has 56 valence electrons. The molecular formula is C8H8N2O. The van der Waals surface area contributed by atoms with Crippen LogP contribution in [0, 0.1) is 5.41 Å². The molecule has 0 amide bonds. The first-order valence-corrected chi connectivity index (χ1v) is 3.14. The molecule has 1 aromatic carbocycles. The van der Waals surface area contributed by atoms with Crippen molar-refractivity contribution in [3.05, 3.63) is 29.8 Å². The Kier molecular flexibility index (Phi) is 2.01. The number of Topliss-reactive ketones (excluding diaryl/α,β-unsaturated/α-hetero) is 1. The maximum Gasteiger partial charge on any atom is 0.203 e. The highest BCUT2D eigenvalue weighted by Crippen LogP contribution is 2.04. The molecule has 3 heteroatoms. The van der Waals surface area contributed by atoms with E-state index in [4.69, 9.17) is 11.1 Å². The summed E-state index contributed by atoms with van der Waals surface area (Å²) in [6.07, 6.45) is 0.783. The number of hydrogen-bond acceptors (Lipinski definition) is 3. The minimum absolute atomic E-state index is 0.301. The molecule has 0 spiro atoms. The number of carbonyl (C=O) groups is 1. The van der Waals surface area contributed by atoms with Gasteiger partial charge in [-0.2, -0.15) is 0 Å². The summed E-state index contributed by atoms with van der Waals surface area (Å²) in [4.78, 5) is 10.8. The monoisotopic (exact) mass is 148 g/mol. The minimum atomic E-state index is -0.301. The first-order valence-electron chi connectivity index (χ1n) is 3.14. The third-order valence-corrected chi connectivity index (χ3v) is 1.33. The minimum Gasteiger partial charge on any atom is -0.399 e. The topological polar surface area (TPSA) is 66.9 Å². The van der Waals surface area contributed by atoms with Crippen molar-refractivity contribution in [1.82, 2.24) is 0 Å². The van der Waals surface area contributed by atoms with Gasteiger partial charge in [-0.25, -0.2) is 0 Å². The maximum atomic E-state index is 10.8. The molecule has 1 aromatic rings. The average molecular weight is 148 g/mol. The SMILES string of the molecule is N=CC(=O)c1ccc(N)cc1. The van der Waals surface area contributed by atoms with Gasteiger partial charge in [-0.3, -0.25) is 4.79 Å². The van der Waals surface area contributed by atoms with Gasteiger partial charge in [0.2, 0.25) is 5.78 Å². The lowest BCUT2D eigenvalue weighted by molar-refractivity contribution is 0.107. The molecule has 0 atom stereocenters. The Labute approximate surface area is 64.3 Å². The molecule has 0 aliphatic rings. The van der Waals surface area contributed by atoms with E-state index in [-0.39, 0.29) is 5.78 Å². The van der Waals surface area contributed by atoms with E-state index in [0.29, 0.717) is 11.3 Å². The lowest BCUT2D eigenvalue weighted by Gasteiger charge is -1.94. The Morgan fingerprint density at radius 3 is 2.36 bits per heavy atom. The lowest BCUT2D eigenvalue weighted by Crippen LogP contribution is -1.98. The number of ketones is 1. The second kappa shape index (κ2) is 2.96. The Morgan fingerprint density at radius 1 is 1.36 bits per heavy atom. The van der Waals surface area contributed by atoms with Crippen LogP contribution >= 0.6 is 0 Å². The van der Waals surface area contributed by atoms with Crippen molar-refractivity contribution < 1.29 is 4.79 Å². The number of nitrogen functional groups attached to an aromatic ring is 1. The predicted octanol–water partition coefficient (Wildman–Crippen LogP) is 1.10. The van der Waals surface area contributed by atoms with E-state index in [1.54, 1.807) is 24.3 Å². The van der Waals surface area contributed by atoms with Crippen LogP contribution in [-0.2, 0) is 0 Å². The number of anilines is 1. The lowest BCUT2D eigenvalue weighted by atomic mass is 10.1. The van der Waals surface area contributed by atoms with Crippen molar-refractivity contribution >= 4 is 17.7 Å². The van der Waals surface area contributed by atoms with Gasteiger partial charge in [-0.05, 0) is 24.3 Å². The Balaban J connectivity index is 2.98. The average Bonchev–Trinajstić information content (AvgIpc) is 2.05. The molecule has 0 aromatic heterocycles. The number of nitrogens with two attached hydrogens (primary N) is 1. The summed E-state index contributed by atoms with van der Waals surface area (Å²) in [5.41, 5.74) is 6.51. The molecule has 0 aliphatic heterocycles. The van der Waals surface area contributed by atoms with Crippen LogP contribution in [-0.4, -0.2) is 12.0 Å². The number of carbonyl (C=O) groups excluding carboxylic acids is 1. The first-order chi connectivity index (χ1) is 5.24. The quantitative estimate of drug-likeness (QED) is 0.374. The van der Waals surface area contributed by atoms with Gasteiger partial charge in [0.05, 0.1) is 6.21 Å². The summed E-state index contributed by atoms with van der Waals surface area (Å²) in [5, 5.41) is 6.69. The number of rotatable bonds is 2. The molecule has 0 saturated heterocycles. The van der Waals surface area contributed by atoms with E-state index in [1.807, 2.05) is 0 Å². The van der Waals surface area contributed by atoms with Crippen LogP contribution in [0.3, 0.4) is 0 Å². The number of hydrogen-bond donors (Lipinski definition) is 2. The normalized spacial score (nSPS) is 9.09. The molecule has 0 heterocycles. The molecule has 11 heavy (non-hydrogen) atoms. The number of nitrogens with one attached hydrogen (secondary N) is 1. The highest BCUT2D eigenvalue weighted by Gasteiger charge is 1.99. The molecule has 0 unspecified atom stereocenters. The van der Waals surface area contributed by atoms with Crippen LogP contribution in [0.4, 0.5) is 5.69 Å². The molecule has 3 N–H and O–H groups in total. The van der Waals surface area contributed by atoms with Crippen LogP contribution < -0.4 is 5.73 Å². The van der Waals surface area contributed by atoms with Gasteiger partial charge in [0.15, 0.2) is 0 Å². The molecule has 0 radical (unpaired) electrons. The Hall–Kier alpha value is -1.64. The zero-order valence-corrected chi connectivity index (χ0v) is 5.87. The zero-order valence-electron chi connectivity index (χ0n) is 5.87. The molecule has 0 fully saturated rings. The van der Waals surface area contributed by atoms with Crippen LogP contribution in [0.2, 0.25) is 0 Å². The molecule has 0 aliphatic carbocycles. The molecule has 0 bridgehead atoms. The van der Waals surface area contributed by atoms with Crippen molar-refractivity contribution in [3.8, 4) is 0 Å². The first kappa shape index (κ1) is 7.47. The smallest absolute Gasteiger partial charge is 0.203 e. The van der Waals surface area contributed by atoms with Crippen molar-refractivity contribution in [2.45, 2.75) is 0 Å². The van der Waals surface area contributed by atoms with Gasteiger partial charge >= 0.3 is 0 Å². The van der Waals surface area contributed by atoms with Crippen molar-refractivity contribution in [2.24, 2.45) is 0 Å². The van der Waals surface area contributed by atoms with E-state index in [0.717, 1.165) is 6.21 Å². The largest absolute Gasteiger partial charge is 0.399 e. The summed E-state index contributed by atoms with van der Waals surface area (Å²) in [6, 6.07) is 6.47. The molecule has 3 nitrogen and oxygen atoms in total. The fourth-order valence-corrected chi connectivity index (χ4v) is 0.731. The van der Waals surface area contributed by atoms with Gasteiger partial charge < -0.3 is 11.1 Å². The van der Waals surface area contributed by atoms with Gasteiger partial charge in [0.1, 0.15) is 0 Å². The van der Waals surface area contributed by atoms with Crippen molar-refractivity contribution in [2.75, 3.05) is 5.73 Å². The van der Waals surface area contributed by atoms with Gasteiger partial charge in [-0.1, -0.05) is 0 Å². The summed E-state index contributed by atoms with van der Waals surface area (Å²) < 4.78 is 0. The predicted molar refractivity (Wildman–Crippen MR) is 44.0 cm³/mol. The zero-order chi connectivity index (χ0) is 8.27. The standard InChI is InChI=1S/C8H8N2O/c9-5-8(11)6-1-3-7(10)4-2-6/h1-5,9H,10H2. The fraction of sp³-hybridized carbons (Fsp3) is 0. The molecular weight excluding hydrogens is 140 g/mol. The van der Waals surface area contributed by atoms with Gasteiger partial charge in [-0.15, -0.1) is 0 Å². The Morgan fingerprint density at radius 2 is 1.91 bits per heavy atom.